The number of ether oxygens (including phenoxy) is 2. The Bertz CT molecular complexity index is 97.6. The van der Waals surface area contributed by atoms with Gasteiger partial charge in [-0.15, -0.1) is 24.0 Å². The summed E-state index contributed by atoms with van der Waals surface area (Å²) < 4.78 is 9.76. The van der Waals surface area contributed by atoms with Gasteiger partial charge in [-0.1, -0.05) is 7.43 Å². The Labute approximate surface area is 162 Å². The Balaban J connectivity index is -0.0000000366. The molecular weight excluding hydrogens is 634 g/mol. The van der Waals surface area contributed by atoms with Crippen LogP contribution >= 0.6 is 63.9 Å². The van der Waals surface area contributed by atoms with Gasteiger partial charge in [-0.05, 0) is 0 Å². The minimum absolute atomic E-state index is 0. The van der Waals surface area contributed by atoms with Crippen LogP contribution in [0.1, 0.15) is 7.43 Å². The molecule has 11 heteroatoms. The van der Waals surface area contributed by atoms with E-state index >= 15 is 0 Å². The summed E-state index contributed by atoms with van der Waals surface area (Å²) in [5.41, 5.74) is 15.1. The van der Waals surface area contributed by atoms with Gasteiger partial charge in [0, 0.05) is 19.6 Å². The summed E-state index contributed by atoms with van der Waals surface area (Å²) in [5, 5.41) is 7.75. The molecule has 0 rings (SSSR count). The van der Waals surface area contributed by atoms with Crippen molar-refractivity contribution >= 4 is 63.9 Å². The zero-order valence-corrected chi connectivity index (χ0v) is 18.1. The van der Waals surface area contributed by atoms with Crippen molar-refractivity contribution in [3.05, 3.63) is 0 Å². The Morgan fingerprint density at radius 1 is 0.947 bits per heavy atom. The van der Waals surface area contributed by atoms with Crippen molar-refractivity contribution in [3.8, 4) is 0 Å². The molecule has 0 bridgehead atoms. The number of halogens is 3. The zero-order valence-electron chi connectivity index (χ0n) is 10.1. The van der Waals surface area contributed by atoms with Crippen LogP contribution in [-0.4, -0.2) is 56.8 Å². The van der Waals surface area contributed by atoms with Crippen molar-refractivity contribution in [2.24, 2.45) is 17.2 Å². The Morgan fingerprint density at radius 3 is 1.37 bits per heavy atom. The average Bonchev–Trinajstić information content (AvgIpc) is 2.30. The molecule has 0 fully saturated rings. The number of aliphatic hydroxyl groups excluding tert-OH is 1. The topological polar surface area (TPSA) is 148 Å². The van der Waals surface area contributed by atoms with E-state index in [1.54, 1.807) is 0 Å². The average molecular weight is 662 g/mol. The summed E-state index contributed by atoms with van der Waals surface area (Å²) in [6, 6.07) is 0. The van der Waals surface area contributed by atoms with Crippen LogP contribution in [0.5, 0.6) is 0 Å². The molecule has 0 saturated heterocycles. The van der Waals surface area contributed by atoms with Crippen molar-refractivity contribution in [1.29, 1.82) is 0 Å². The van der Waals surface area contributed by atoms with Crippen LogP contribution < -0.4 is 17.2 Å². The minimum atomic E-state index is 0. The third-order valence-electron chi connectivity index (χ3n) is 0.820. The van der Waals surface area contributed by atoms with Crippen LogP contribution in [-0.2, 0) is 18.9 Å². The molecule has 7 nitrogen and oxygen atoms in total. The number of aliphatic hydroxyl groups is 1. The first-order chi connectivity index (χ1) is 7.74. The molecule has 0 heterocycles. The van der Waals surface area contributed by atoms with Gasteiger partial charge in [-0.25, -0.2) is 0 Å². The van der Waals surface area contributed by atoms with Gasteiger partial charge in [-0.3, -0.25) is 0 Å². The van der Waals surface area contributed by atoms with E-state index in [4.69, 9.17) is 31.8 Å². The summed E-state index contributed by atoms with van der Waals surface area (Å²) in [6.07, 6.45) is 0. The van der Waals surface area contributed by atoms with E-state index in [-0.39, 0.29) is 43.5 Å². The van der Waals surface area contributed by atoms with E-state index in [9.17, 15) is 0 Å². The maximum atomic E-state index is 7.75. The van der Waals surface area contributed by atoms with Crippen molar-refractivity contribution in [2.45, 2.75) is 7.43 Å². The Hall–Kier alpha value is 2.49. The molecule has 0 aromatic rings. The van der Waals surface area contributed by atoms with E-state index in [2.05, 4.69) is 40.0 Å². The monoisotopic (exact) mass is 662 g/mol. The molecule has 0 aliphatic heterocycles. The van der Waals surface area contributed by atoms with Gasteiger partial charge in [0.15, 0.2) is 0 Å². The predicted molar refractivity (Wildman–Crippen MR) is 105 cm³/mol. The molecule has 0 unspecified atom stereocenters. The number of hydrogen-bond acceptors (Lipinski definition) is 6. The molecule has 0 radical (unpaired) electrons. The zero-order chi connectivity index (χ0) is 13.1. The molecular formula is C8H28I3N3O4V. The van der Waals surface area contributed by atoms with Gasteiger partial charge in [0.2, 0.25) is 0 Å². The number of nitrogens with two attached hydrogens (primary N) is 3. The second-order valence-corrected chi connectivity index (χ2v) is 13.9. The van der Waals surface area contributed by atoms with E-state index < -0.39 is 0 Å². The molecule has 0 saturated carbocycles. The molecule has 0 amide bonds. The molecule has 0 aliphatic carbocycles. The van der Waals surface area contributed by atoms with E-state index in [1.165, 1.54) is 0 Å². The first kappa shape index (κ1) is 37.6. The SMILES string of the molecule is C.I.NCCO.NCCOCOCCN.O.[I][V][I]. The number of hydrogen-bond donors (Lipinski definition) is 4. The number of rotatable bonds is 7. The first-order valence-corrected chi connectivity index (χ1v) is 13.5. The fourth-order valence-electron chi connectivity index (χ4n) is 0.343. The van der Waals surface area contributed by atoms with Crippen LogP contribution in [0.2, 0.25) is 0 Å². The van der Waals surface area contributed by atoms with Crippen molar-refractivity contribution in [2.75, 3.05) is 46.2 Å². The molecule has 0 aromatic heterocycles. The summed E-state index contributed by atoms with van der Waals surface area (Å²) in [4.78, 5) is 0. The van der Waals surface area contributed by atoms with Crippen LogP contribution in [0.15, 0.2) is 0 Å². The summed E-state index contributed by atoms with van der Waals surface area (Å²) >= 11 is 4.74. The van der Waals surface area contributed by atoms with Crippen LogP contribution in [0.4, 0.5) is 0 Å². The second kappa shape index (κ2) is 49.9. The second-order valence-electron chi connectivity index (χ2n) is 2.09. The van der Waals surface area contributed by atoms with E-state index in [1.807, 2.05) is 0 Å². The maximum absolute atomic E-state index is 7.75. The van der Waals surface area contributed by atoms with Crippen molar-refractivity contribution in [1.82, 2.24) is 0 Å². The van der Waals surface area contributed by atoms with Gasteiger partial charge in [0.1, 0.15) is 6.79 Å². The molecule has 19 heavy (non-hydrogen) atoms. The molecule has 0 aliphatic rings. The quantitative estimate of drug-likeness (QED) is 0.172. The molecule has 9 N–H and O–H groups in total. The van der Waals surface area contributed by atoms with Gasteiger partial charge >= 0.3 is 49.4 Å². The third-order valence-corrected chi connectivity index (χ3v) is 0.820. The molecule has 0 spiro atoms. The fourth-order valence-corrected chi connectivity index (χ4v) is 0.343. The molecule has 0 aromatic carbocycles. The van der Waals surface area contributed by atoms with Crippen molar-refractivity contribution in [3.63, 3.8) is 0 Å². The van der Waals surface area contributed by atoms with Gasteiger partial charge in [0.05, 0.1) is 19.8 Å². The standard InChI is InChI=1S/C5H14N2O2.C2H7NO.CH4.3HI.H2O.V/c6-1-3-8-5-9-4-2-7;3-1-2-4;;;;;;/h1-7H2;4H,1-3H2;1H4;3*1H;1H2;/q;;;;;;;+2/p-2. The van der Waals surface area contributed by atoms with Crippen molar-refractivity contribution < 1.29 is 29.5 Å². The normalized spacial score (nSPS) is 7.05. The molecule has 125 valence electrons. The Morgan fingerprint density at radius 2 is 1.21 bits per heavy atom. The van der Waals surface area contributed by atoms with Gasteiger partial charge in [-0.2, -0.15) is 0 Å². The van der Waals surface area contributed by atoms with Crippen LogP contribution in [0.3, 0.4) is 0 Å². The predicted octanol–water partition coefficient (Wildman–Crippen LogP) is 0.0302. The summed E-state index contributed by atoms with van der Waals surface area (Å²) in [5.74, 6) is 0. The van der Waals surface area contributed by atoms with Crippen LogP contribution in [0, 0.1) is 0 Å². The summed E-state index contributed by atoms with van der Waals surface area (Å²) in [7, 11) is 0.628. The van der Waals surface area contributed by atoms with Gasteiger partial charge in [0.25, 0.3) is 0 Å². The van der Waals surface area contributed by atoms with Gasteiger partial charge < -0.3 is 37.3 Å². The van der Waals surface area contributed by atoms with E-state index in [0.29, 0.717) is 49.1 Å². The fraction of sp³-hybridized carbons (Fsp3) is 1.00. The first-order valence-electron chi connectivity index (χ1n) is 4.53. The van der Waals surface area contributed by atoms with Crippen LogP contribution in [0.25, 0.3) is 0 Å². The molecule has 0 atom stereocenters. The third kappa shape index (κ3) is 77.8. The van der Waals surface area contributed by atoms with E-state index in [0.717, 1.165) is 0 Å². The summed E-state index contributed by atoms with van der Waals surface area (Å²) in [6.45, 7) is 2.93. The Kier molecular flexibility index (Phi) is 98.7.